The molecule has 1 aromatic heterocycles. The Kier molecular flexibility index (Phi) is 5.00. The summed E-state index contributed by atoms with van der Waals surface area (Å²) >= 11 is 1.55. The Morgan fingerprint density at radius 1 is 1.50 bits per heavy atom. The third-order valence-corrected chi connectivity index (χ3v) is 3.68. The van der Waals surface area contributed by atoms with Crippen molar-refractivity contribution in [3.63, 3.8) is 0 Å². The molecule has 20 heavy (non-hydrogen) atoms. The number of amides is 1. The molecule has 0 aliphatic heterocycles. The Bertz CT molecular complexity index is 570. The normalized spacial score (nSPS) is 10.4. The number of carbonyl (C=O) groups is 1. The van der Waals surface area contributed by atoms with Crippen LogP contribution in [-0.2, 0) is 4.79 Å². The Balaban J connectivity index is 1.73. The third kappa shape index (κ3) is 4.27. The molecule has 0 atom stereocenters. The van der Waals surface area contributed by atoms with Gasteiger partial charge in [-0.05, 0) is 31.0 Å². The minimum atomic E-state index is -0.00290. The fourth-order valence-corrected chi connectivity index (χ4v) is 2.37. The Hall–Kier alpha value is -2.02. The number of thioether (sulfide) groups is 1. The van der Waals surface area contributed by atoms with E-state index in [-0.39, 0.29) is 5.91 Å². The summed E-state index contributed by atoms with van der Waals surface area (Å²) in [5.74, 6) is 0.815. The molecule has 0 radical (unpaired) electrons. The van der Waals surface area contributed by atoms with E-state index in [9.17, 15) is 4.79 Å². The monoisotopic (exact) mass is 291 g/mol. The van der Waals surface area contributed by atoms with Gasteiger partial charge in [-0.2, -0.15) is 5.10 Å². The second kappa shape index (κ2) is 6.95. The number of nitrogens with zero attached hydrogens (tertiary/aromatic N) is 2. The molecule has 0 aliphatic rings. The molecule has 6 nitrogen and oxygen atoms in total. The number of rotatable bonds is 6. The maximum Gasteiger partial charge on any atom is 0.224 e. The maximum atomic E-state index is 11.8. The molecule has 0 saturated carbocycles. The average molecular weight is 291 g/mol. The van der Waals surface area contributed by atoms with E-state index < -0.39 is 0 Å². The van der Waals surface area contributed by atoms with Gasteiger partial charge in [-0.25, -0.2) is 4.98 Å². The molecule has 7 heteroatoms. The predicted octanol–water partition coefficient (Wildman–Crippen LogP) is 2.21. The third-order valence-electron chi connectivity index (χ3n) is 2.72. The molecule has 0 unspecified atom stereocenters. The van der Waals surface area contributed by atoms with Crippen LogP contribution in [0.3, 0.4) is 0 Å². The van der Waals surface area contributed by atoms with Crippen molar-refractivity contribution in [2.24, 2.45) is 0 Å². The van der Waals surface area contributed by atoms with Crippen LogP contribution >= 0.6 is 11.8 Å². The first-order chi connectivity index (χ1) is 9.65. The van der Waals surface area contributed by atoms with Gasteiger partial charge in [-0.3, -0.25) is 9.89 Å². The summed E-state index contributed by atoms with van der Waals surface area (Å²) in [6, 6.07) is 5.49. The second-order valence-electron chi connectivity index (χ2n) is 4.37. The van der Waals surface area contributed by atoms with Crippen molar-refractivity contribution in [1.29, 1.82) is 0 Å². The molecule has 1 aromatic carbocycles. The van der Waals surface area contributed by atoms with E-state index in [4.69, 9.17) is 5.73 Å². The summed E-state index contributed by atoms with van der Waals surface area (Å²) in [6.07, 6.45) is 2.71. The van der Waals surface area contributed by atoms with Crippen LogP contribution in [0.2, 0.25) is 0 Å². The summed E-state index contributed by atoms with van der Waals surface area (Å²) in [7, 11) is 0. The highest BCUT2D eigenvalue weighted by atomic mass is 32.2. The second-order valence-corrected chi connectivity index (χ2v) is 5.45. The molecule has 0 aliphatic carbocycles. The van der Waals surface area contributed by atoms with Crippen molar-refractivity contribution in [3.8, 4) is 0 Å². The lowest BCUT2D eigenvalue weighted by Gasteiger charge is -2.09. The number of aromatic nitrogens is 3. The molecule has 0 bridgehead atoms. The molecule has 2 aromatic rings. The van der Waals surface area contributed by atoms with Gasteiger partial charge in [0.1, 0.15) is 6.33 Å². The van der Waals surface area contributed by atoms with Gasteiger partial charge < -0.3 is 11.1 Å². The van der Waals surface area contributed by atoms with Crippen LogP contribution < -0.4 is 11.1 Å². The molecular weight excluding hydrogens is 274 g/mol. The van der Waals surface area contributed by atoms with Gasteiger partial charge in [0.2, 0.25) is 5.91 Å². The number of hydrogen-bond acceptors (Lipinski definition) is 5. The number of carbonyl (C=O) groups excluding carboxylic acids is 1. The van der Waals surface area contributed by atoms with Crippen LogP contribution in [0.25, 0.3) is 0 Å². The number of aryl methyl sites for hydroxylation is 1. The van der Waals surface area contributed by atoms with E-state index in [0.717, 1.165) is 28.6 Å². The molecule has 0 spiro atoms. The SMILES string of the molecule is Cc1ccc(N)cc1NC(=O)CCCSc1ncn[nH]1. The molecule has 1 amide bonds. The van der Waals surface area contributed by atoms with Crippen LogP contribution in [0.1, 0.15) is 18.4 Å². The minimum Gasteiger partial charge on any atom is -0.399 e. The Morgan fingerprint density at radius 2 is 2.35 bits per heavy atom. The van der Waals surface area contributed by atoms with Gasteiger partial charge in [-0.15, -0.1) is 0 Å². The first kappa shape index (κ1) is 14.4. The zero-order valence-corrected chi connectivity index (χ0v) is 12.0. The lowest BCUT2D eigenvalue weighted by molar-refractivity contribution is -0.116. The zero-order chi connectivity index (χ0) is 14.4. The number of aromatic amines is 1. The molecule has 1 heterocycles. The fraction of sp³-hybridized carbons (Fsp3) is 0.308. The molecule has 0 saturated heterocycles. The van der Waals surface area contributed by atoms with E-state index in [2.05, 4.69) is 20.5 Å². The van der Waals surface area contributed by atoms with Crippen molar-refractivity contribution in [2.75, 3.05) is 16.8 Å². The topological polar surface area (TPSA) is 96.7 Å². The van der Waals surface area contributed by atoms with Crippen molar-refractivity contribution in [3.05, 3.63) is 30.1 Å². The minimum absolute atomic E-state index is 0.00290. The molecular formula is C13H17N5OS. The van der Waals surface area contributed by atoms with Gasteiger partial charge in [-0.1, -0.05) is 17.8 Å². The molecule has 106 valence electrons. The Labute approximate surface area is 121 Å². The largest absolute Gasteiger partial charge is 0.399 e. The van der Waals surface area contributed by atoms with Gasteiger partial charge >= 0.3 is 0 Å². The maximum absolute atomic E-state index is 11.8. The fourth-order valence-electron chi connectivity index (χ4n) is 1.65. The van der Waals surface area contributed by atoms with E-state index in [0.29, 0.717) is 12.1 Å². The highest BCUT2D eigenvalue weighted by molar-refractivity contribution is 7.99. The Morgan fingerprint density at radius 3 is 3.10 bits per heavy atom. The number of benzene rings is 1. The van der Waals surface area contributed by atoms with E-state index >= 15 is 0 Å². The van der Waals surface area contributed by atoms with Gasteiger partial charge in [0, 0.05) is 23.5 Å². The van der Waals surface area contributed by atoms with E-state index in [1.54, 1.807) is 17.8 Å². The smallest absolute Gasteiger partial charge is 0.224 e. The van der Waals surface area contributed by atoms with Crippen LogP contribution in [0.15, 0.2) is 29.7 Å². The number of hydrogen-bond donors (Lipinski definition) is 3. The number of nitrogens with two attached hydrogens (primary N) is 1. The number of nitrogens with one attached hydrogen (secondary N) is 2. The standard InChI is InChI=1S/C13H17N5OS/c1-9-4-5-10(14)7-11(9)17-12(19)3-2-6-20-13-15-8-16-18-13/h4-5,7-8H,2-3,6,14H2,1H3,(H,17,19)(H,15,16,18). The molecule has 2 rings (SSSR count). The highest BCUT2D eigenvalue weighted by Crippen LogP contribution is 2.19. The quantitative estimate of drug-likeness (QED) is 0.431. The molecule has 4 N–H and O–H groups in total. The van der Waals surface area contributed by atoms with Gasteiger partial charge in [0.25, 0.3) is 0 Å². The lowest BCUT2D eigenvalue weighted by atomic mass is 10.1. The summed E-state index contributed by atoms with van der Waals surface area (Å²) in [6.45, 7) is 1.94. The summed E-state index contributed by atoms with van der Waals surface area (Å²) < 4.78 is 0. The first-order valence-electron chi connectivity index (χ1n) is 6.29. The van der Waals surface area contributed by atoms with Crippen LogP contribution in [0, 0.1) is 6.92 Å². The number of nitrogen functional groups attached to an aromatic ring is 1. The summed E-state index contributed by atoms with van der Waals surface area (Å²) in [5.41, 5.74) is 8.13. The van der Waals surface area contributed by atoms with E-state index in [1.165, 1.54) is 6.33 Å². The van der Waals surface area contributed by atoms with Crippen LogP contribution in [0.4, 0.5) is 11.4 Å². The predicted molar refractivity (Wildman–Crippen MR) is 80.6 cm³/mol. The highest BCUT2D eigenvalue weighted by Gasteiger charge is 2.05. The van der Waals surface area contributed by atoms with Crippen molar-refractivity contribution in [2.45, 2.75) is 24.9 Å². The van der Waals surface area contributed by atoms with E-state index in [1.807, 2.05) is 19.1 Å². The van der Waals surface area contributed by atoms with Crippen molar-refractivity contribution in [1.82, 2.24) is 15.2 Å². The summed E-state index contributed by atoms with van der Waals surface area (Å²) in [4.78, 5) is 15.8. The van der Waals surface area contributed by atoms with Gasteiger partial charge in [0.15, 0.2) is 5.16 Å². The van der Waals surface area contributed by atoms with Crippen LogP contribution in [0.5, 0.6) is 0 Å². The first-order valence-corrected chi connectivity index (χ1v) is 7.28. The number of anilines is 2. The lowest BCUT2D eigenvalue weighted by Crippen LogP contribution is -2.12. The van der Waals surface area contributed by atoms with Gasteiger partial charge in [0.05, 0.1) is 0 Å². The van der Waals surface area contributed by atoms with Crippen molar-refractivity contribution >= 4 is 29.0 Å². The molecule has 0 fully saturated rings. The van der Waals surface area contributed by atoms with Crippen LogP contribution in [-0.4, -0.2) is 26.8 Å². The zero-order valence-electron chi connectivity index (χ0n) is 11.2. The van der Waals surface area contributed by atoms with Crippen molar-refractivity contribution < 1.29 is 4.79 Å². The average Bonchev–Trinajstić information content (AvgIpc) is 2.92. The number of H-pyrrole nitrogens is 1. The summed E-state index contributed by atoms with van der Waals surface area (Å²) in [5, 5.41) is 10.2.